The Morgan fingerprint density at radius 2 is 1.75 bits per heavy atom. The van der Waals surface area contributed by atoms with Crippen LogP contribution in [0.4, 0.5) is 8.78 Å². The molecule has 0 fully saturated rings. The number of hydrogen-bond acceptors (Lipinski definition) is 5. The second kappa shape index (κ2) is 10.3. The van der Waals surface area contributed by atoms with Gasteiger partial charge in [-0.3, -0.25) is 9.36 Å². The molecule has 2 aromatic rings. The molecule has 1 aromatic heterocycles. The Morgan fingerprint density at radius 1 is 1.12 bits per heavy atom. The van der Waals surface area contributed by atoms with Gasteiger partial charge in [-0.2, -0.15) is 8.78 Å². The lowest BCUT2D eigenvalue weighted by Gasteiger charge is -2.26. The molecule has 0 amide bonds. The Hall–Kier alpha value is -2.61. The summed E-state index contributed by atoms with van der Waals surface area (Å²) < 4.78 is 42.6. The maximum atomic E-state index is 13.1. The van der Waals surface area contributed by atoms with Crippen LogP contribution in [0.3, 0.4) is 0 Å². The molecule has 2 rings (SSSR count). The summed E-state index contributed by atoms with van der Waals surface area (Å²) >= 11 is 6.05. The first kappa shape index (κ1) is 25.6. The third-order valence-electron chi connectivity index (χ3n) is 4.42. The Labute approximate surface area is 191 Å². The second-order valence-electron chi connectivity index (χ2n) is 8.70. The standard InChI is InChI=1S/C23H28ClF2NO5/c1-13(2)9-17(21(29)32-23(3,4)5)27-12-19(30-6)16(11-20(27)28)15-10-14(24)7-8-18(15)31-22(25)26/h7-8,10-13,17,22H,9H2,1-6H3. The van der Waals surface area contributed by atoms with Crippen molar-refractivity contribution in [3.8, 4) is 22.6 Å². The predicted molar refractivity (Wildman–Crippen MR) is 119 cm³/mol. The molecule has 1 aromatic carbocycles. The molecule has 0 N–H and O–H groups in total. The van der Waals surface area contributed by atoms with Gasteiger partial charge in [-0.1, -0.05) is 25.4 Å². The van der Waals surface area contributed by atoms with Crippen LogP contribution in [-0.4, -0.2) is 29.9 Å². The molecule has 32 heavy (non-hydrogen) atoms. The first-order chi connectivity index (χ1) is 14.8. The van der Waals surface area contributed by atoms with E-state index in [2.05, 4.69) is 4.74 Å². The largest absolute Gasteiger partial charge is 0.495 e. The van der Waals surface area contributed by atoms with Crippen LogP contribution in [0, 0.1) is 5.92 Å². The number of ether oxygens (including phenoxy) is 3. The SMILES string of the molecule is COc1cn(C(CC(C)C)C(=O)OC(C)(C)C)c(=O)cc1-c1cc(Cl)ccc1OC(F)F. The van der Waals surface area contributed by atoms with Crippen LogP contribution in [0.15, 0.2) is 35.3 Å². The average Bonchev–Trinajstić information content (AvgIpc) is 2.65. The highest BCUT2D eigenvalue weighted by Gasteiger charge is 2.29. The van der Waals surface area contributed by atoms with Gasteiger partial charge in [0.15, 0.2) is 0 Å². The fraction of sp³-hybridized carbons (Fsp3) is 0.478. The zero-order valence-electron chi connectivity index (χ0n) is 18.9. The van der Waals surface area contributed by atoms with Gasteiger partial charge in [0.25, 0.3) is 5.56 Å². The van der Waals surface area contributed by atoms with Crippen LogP contribution in [0.2, 0.25) is 5.02 Å². The van der Waals surface area contributed by atoms with Gasteiger partial charge in [0.1, 0.15) is 23.1 Å². The summed E-state index contributed by atoms with van der Waals surface area (Å²) in [7, 11) is 1.37. The molecule has 0 aliphatic heterocycles. The number of hydrogen-bond donors (Lipinski definition) is 0. The van der Waals surface area contributed by atoms with Gasteiger partial charge < -0.3 is 14.2 Å². The van der Waals surface area contributed by atoms with E-state index in [0.29, 0.717) is 6.42 Å². The number of rotatable bonds is 8. The van der Waals surface area contributed by atoms with Gasteiger partial charge in [0, 0.05) is 22.2 Å². The Morgan fingerprint density at radius 3 is 2.28 bits per heavy atom. The highest BCUT2D eigenvalue weighted by atomic mass is 35.5. The number of esters is 1. The number of nitrogens with zero attached hydrogens (tertiary/aromatic N) is 1. The van der Waals surface area contributed by atoms with Crippen LogP contribution in [0.25, 0.3) is 11.1 Å². The first-order valence-corrected chi connectivity index (χ1v) is 10.5. The molecular weight excluding hydrogens is 444 g/mol. The van der Waals surface area contributed by atoms with E-state index in [1.807, 2.05) is 13.8 Å². The second-order valence-corrected chi connectivity index (χ2v) is 9.14. The van der Waals surface area contributed by atoms with Crippen molar-refractivity contribution in [3.63, 3.8) is 0 Å². The number of halogens is 3. The molecule has 0 spiro atoms. The Bertz CT molecular complexity index is 1010. The lowest BCUT2D eigenvalue weighted by Crippen LogP contribution is -2.35. The quantitative estimate of drug-likeness (QED) is 0.461. The minimum Gasteiger partial charge on any atom is -0.495 e. The maximum Gasteiger partial charge on any atom is 0.387 e. The number of carbonyl (C=O) groups is 1. The number of methoxy groups -OCH3 is 1. The normalized spacial score (nSPS) is 12.7. The lowest BCUT2D eigenvalue weighted by molar-refractivity contribution is -0.159. The smallest absolute Gasteiger partial charge is 0.387 e. The summed E-state index contributed by atoms with van der Waals surface area (Å²) in [6, 6.07) is 4.41. The molecule has 6 nitrogen and oxygen atoms in total. The average molecular weight is 472 g/mol. The topological polar surface area (TPSA) is 66.8 Å². The minimum absolute atomic E-state index is 0.0871. The summed E-state index contributed by atoms with van der Waals surface area (Å²) in [5.41, 5.74) is -0.890. The van der Waals surface area contributed by atoms with E-state index in [9.17, 15) is 18.4 Å². The van der Waals surface area contributed by atoms with Gasteiger partial charge in [0.2, 0.25) is 0 Å². The van der Waals surface area contributed by atoms with Crippen LogP contribution < -0.4 is 15.0 Å². The molecule has 0 saturated carbocycles. The summed E-state index contributed by atoms with van der Waals surface area (Å²) in [5, 5.41) is 0.263. The van der Waals surface area contributed by atoms with E-state index in [1.165, 1.54) is 42.1 Å². The number of pyridine rings is 1. The number of carbonyl (C=O) groups excluding carboxylic acids is 1. The van der Waals surface area contributed by atoms with Gasteiger partial charge in [-0.05, 0) is 51.3 Å². The molecule has 0 aliphatic rings. The molecular formula is C23H28ClF2NO5. The van der Waals surface area contributed by atoms with Gasteiger partial charge in [-0.25, -0.2) is 4.79 Å². The van der Waals surface area contributed by atoms with E-state index in [4.69, 9.17) is 21.1 Å². The van der Waals surface area contributed by atoms with Crippen molar-refractivity contribution in [1.82, 2.24) is 4.57 Å². The molecule has 1 unspecified atom stereocenters. The van der Waals surface area contributed by atoms with E-state index < -0.39 is 29.8 Å². The first-order valence-electron chi connectivity index (χ1n) is 10.1. The predicted octanol–water partition coefficient (Wildman–Crippen LogP) is 5.71. The number of alkyl halides is 2. The van der Waals surface area contributed by atoms with Crippen molar-refractivity contribution < 1.29 is 27.8 Å². The van der Waals surface area contributed by atoms with Crippen molar-refractivity contribution in [3.05, 3.63) is 45.8 Å². The minimum atomic E-state index is -3.07. The van der Waals surface area contributed by atoms with Crippen LogP contribution in [0.1, 0.15) is 47.1 Å². The van der Waals surface area contributed by atoms with Crippen molar-refractivity contribution in [2.24, 2.45) is 5.92 Å². The van der Waals surface area contributed by atoms with Crippen molar-refractivity contribution in [1.29, 1.82) is 0 Å². The van der Waals surface area contributed by atoms with Crippen LogP contribution in [-0.2, 0) is 9.53 Å². The summed E-state index contributed by atoms with van der Waals surface area (Å²) in [5.74, 6) is -0.439. The zero-order valence-corrected chi connectivity index (χ0v) is 19.7. The molecule has 0 aliphatic carbocycles. The van der Waals surface area contributed by atoms with Crippen molar-refractivity contribution >= 4 is 17.6 Å². The van der Waals surface area contributed by atoms with E-state index in [1.54, 1.807) is 20.8 Å². The van der Waals surface area contributed by atoms with Crippen molar-refractivity contribution in [2.75, 3.05) is 7.11 Å². The summed E-state index contributed by atoms with van der Waals surface area (Å²) in [6.07, 6.45) is 1.73. The van der Waals surface area contributed by atoms with Gasteiger partial charge >= 0.3 is 12.6 Å². The van der Waals surface area contributed by atoms with Crippen LogP contribution in [0.5, 0.6) is 11.5 Å². The molecule has 176 valence electrons. The Kier molecular flexibility index (Phi) is 8.29. The number of benzene rings is 1. The summed E-state index contributed by atoms with van der Waals surface area (Å²) in [4.78, 5) is 25.9. The monoisotopic (exact) mass is 471 g/mol. The maximum absolute atomic E-state index is 13.1. The molecule has 9 heteroatoms. The van der Waals surface area contributed by atoms with E-state index >= 15 is 0 Å². The molecule has 1 heterocycles. The molecule has 1 atom stereocenters. The summed E-state index contributed by atoms with van der Waals surface area (Å²) in [6.45, 7) is 6.01. The highest BCUT2D eigenvalue weighted by molar-refractivity contribution is 6.31. The Balaban J connectivity index is 2.64. The molecule has 0 bridgehead atoms. The third kappa shape index (κ3) is 6.69. The zero-order chi connectivity index (χ0) is 24.2. The molecule has 0 saturated heterocycles. The molecule has 0 radical (unpaired) electrons. The number of aromatic nitrogens is 1. The van der Waals surface area contributed by atoms with Crippen LogP contribution >= 0.6 is 11.6 Å². The van der Waals surface area contributed by atoms with Gasteiger partial charge in [0.05, 0.1) is 13.3 Å². The highest BCUT2D eigenvalue weighted by Crippen LogP contribution is 2.38. The van der Waals surface area contributed by atoms with E-state index in [-0.39, 0.29) is 33.6 Å². The fourth-order valence-corrected chi connectivity index (χ4v) is 3.37. The lowest BCUT2D eigenvalue weighted by atomic mass is 10.0. The van der Waals surface area contributed by atoms with Crippen molar-refractivity contribution in [2.45, 2.75) is 59.3 Å². The van der Waals surface area contributed by atoms with E-state index in [0.717, 1.165) is 0 Å². The fourth-order valence-electron chi connectivity index (χ4n) is 3.20. The third-order valence-corrected chi connectivity index (χ3v) is 4.66. The van der Waals surface area contributed by atoms with Gasteiger partial charge in [-0.15, -0.1) is 0 Å².